The Bertz CT molecular complexity index is 928. The standard InChI is InChI=1S/C74H148/c1-2-3-4-5-6-7-8-9-10-11-12-13-14-15-16-17-18-19-20-21-22-23-24-25-26-27-28-29-30-31-32-33-34-35-36-37-38-39-40-41-42-43-44-45-46-47-48-49-50-51-52-53-54-55-56-57-58-59-60-61-62-63-64-65-66-68-71-74-72-69-67-70-73-74/h74H,2-73H2,1H3. The van der Waals surface area contributed by atoms with Gasteiger partial charge in [0.05, 0.1) is 0 Å². The Morgan fingerprint density at radius 2 is 0.270 bits per heavy atom. The van der Waals surface area contributed by atoms with E-state index in [1.807, 2.05) is 0 Å². The van der Waals surface area contributed by atoms with Gasteiger partial charge in [-0.3, -0.25) is 0 Å². The average molecular weight is 1040 g/mol. The van der Waals surface area contributed by atoms with E-state index in [-0.39, 0.29) is 0 Å². The van der Waals surface area contributed by atoms with Gasteiger partial charge in [0.1, 0.15) is 0 Å². The molecular weight excluding hydrogens is 889 g/mol. The van der Waals surface area contributed by atoms with Crippen LogP contribution in [0.15, 0.2) is 0 Å². The molecular formula is C74H148. The van der Waals surface area contributed by atoms with Gasteiger partial charge in [-0.2, -0.15) is 0 Å². The second kappa shape index (κ2) is 67.3. The molecule has 0 unspecified atom stereocenters. The topological polar surface area (TPSA) is 0 Å². The van der Waals surface area contributed by atoms with Crippen LogP contribution in [0, 0.1) is 5.92 Å². The van der Waals surface area contributed by atoms with Crippen molar-refractivity contribution in [3.8, 4) is 0 Å². The minimum absolute atomic E-state index is 1.10. The lowest BCUT2D eigenvalue weighted by Crippen LogP contribution is -2.05. The SMILES string of the molecule is CCCCCCCCCCCCCCCCCCCCCCCCCCCCCCCCCCCCCCCCCCCCCCCCCCCCCCCCCCCCCCCCCCCCC1CCCCC1. The van der Waals surface area contributed by atoms with Crippen LogP contribution in [-0.2, 0) is 0 Å². The van der Waals surface area contributed by atoms with Crippen LogP contribution in [0.4, 0.5) is 0 Å². The minimum Gasteiger partial charge on any atom is -0.0654 e. The Labute approximate surface area is 472 Å². The highest BCUT2D eigenvalue weighted by Crippen LogP contribution is 2.28. The van der Waals surface area contributed by atoms with E-state index in [1.54, 1.807) is 19.3 Å². The van der Waals surface area contributed by atoms with Crippen molar-refractivity contribution in [3.05, 3.63) is 0 Å². The van der Waals surface area contributed by atoms with Gasteiger partial charge in [0.2, 0.25) is 0 Å². The second-order valence-corrected chi connectivity index (χ2v) is 26.3. The third-order valence-corrected chi connectivity index (χ3v) is 18.7. The van der Waals surface area contributed by atoms with Crippen LogP contribution in [0.3, 0.4) is 0 Å². The summed E-state index contributed by atoms with van der Waals surface area (Å²) in [5.74, 6) is 1.10. The molecule has 0 nitrogen and oxygen atoms in total. The van der Waals surface area contributed by atoms with E-state index in [1.165, 1.54) is 443 Å². The van der Waals surface area contributed by atoms with E-state index in [9.17, 15) is 0 Å². The fourth-order valence-electron chi connectivity index (χ4n) is 13.3. The highest BCUT2D eigenvalue weighted by molar-refractivity contribution is 4.66. The molecule has 0 saturated heterocycles. The Morgan fingerprint density at radius 3 is 0.405 bits per heavy atom. The number of hydrogen-bond donors (Lipinski definition) is 0. The van der Waals surface area contributed by atoms with Gasteiger partial charge in [-0.15, -0.1) is 0 Å². The largest absolute Gasteiger partial charge is 0.0654 e. The van der Waals surface area contributed by atoms with Crippen LogP contribution in [0.5, 0.6) is 0 Å². The molecule has 0 amide bonds. The van der Waals surface area contributed by atoms with E-state index < -0.39 is 0 Å². The van der Waals surface area contributed by atoms with E-state index in [4.69, 9.17) is 0 Å². The molecule has 74 heavy (non-hydrogen) atoms. The van der Waals surface area contributed by atoms with Crippen molar-refractivity contribution in [2.24, 2.45) is 5.92 Å². The van der Waals surface area contributed by atoms with Crippen molar-refractivity contribution >= 4 is 0 Å². The zero-order valence-electron chi connectivity index (χ0n) is 52.5. The maximum atomic E-state index is 2.32. The van der Waals surface area contributed by atoms with E-state index in [0.29, 0.717) is 0 Å². The van der Waals surface area contributed by atoms with Crippen molar-refractivity contribution in [2.45, 2.75) is 469 Å². The monoisotopic (exact) mass is 1040 g/mol. The summed E-state index contributed by atoms with van der Waals surface area (Å²) in [5, 5.41) is 0. The Kier molecular flexibility index (Phi) is 65.5. The van der Waals surface area contributed by atoms with Crippen LogP contribution in [0.2, 0.25) is 0 Å². The number of unbranched alkanes of at least 4 members (excludes halogenated alkanes) is 65. The lowest BCUT2D eigenvalue weighted by Gasteiger charge is -2.21. The summed E-state index contributed by atoms with van der Waals surface area (Å²) in [6.45, 7) is 2.32. The molecule has 1 saturated carbocycles. The zero-order chi connectivity index (χ0) is 52.5. The Morgan fingerprint density at radius 1 is 0.149 bits per heavy atom. The summed E-state index contributed by atoms with van der Waals surface area (Å²) >= 11 is 0. The van der Waals surface area contributed by atoms with Crippen LogP contribution in [0.1, 0.15) is 469 Å². The first-order valence-corrected chi connectivity index (χ1v) is 36.9. The molecule has 1 fully saturated rings. The molecule has 1 aliphatic carbocycles. The van der Waals surface area contributed by atoms with Crippen molar-refractivity contribution < 1.29 is 0 Å². The molecule has 0 aliphatic heterocycles. The summed E-state index contributed by atoms with van der Waals surface area (Å²) in [6.07, 6.45) is 108. The number of hydrogen-bond acceptors (Lipinski definition) is 0. The molecule has 0 atom stereocenters. The quantitative estimate of drug-likeness (QED) is 0.0533. The summed E-state index contributed by atoms with van der Waals surface area (Å²) in [4.78, 5) is 0. The Balaban J connectivity index is 1.58. The van der Waals surface area contributed by atoms with Gasteiger partial charge in [0.15, 0.2) is 0 Å². The first-order chi connectivity index (χ1) is 36.9. The van der Waals surface area contributed by atoms with Gasteiger partial charge in [-0.1, -0.05) is 469 Å². The normalized spacial score (nSPS) is 13.3. The summed E-state index contributed by atoms with van der Waals surface area (Å²) in [7, 11) is 0. The van der Waals surface area contributed by atoms with Crippen LogP contribution < -0.4 is 0 Å². The smallest absolute Gasteiger partial charge is 0.0414 e. The first kappa shape index (κ1) is 72.0. The molecule has 0 aromatic heterocycles. The lowest BCUT2D eigenvalue weighted by molar-refractivity contribution is 0.328. The van der Waals surface area contributed by atoms with Gasteiger partial charge >= 0.3 is 0 Å². The van der Waals surface area contributed by atoms with Gasteiger partial charge in [0.25, 0.3) is 0 Å². The highest BCUT2D eigenvalue weighted by Gasteiger charge is 2.12. The van der Waals surface area contributed by atoms with Gasteiger partial charge in [-0.25, -0.2) is 0 Å². The predicted octanol–water partition coefficient (Wildman–Crippen LogP) is 28.7. The fourth-order valence-corrected chi connectivity index (χ4v) is 13.3. The van der Waals surface area contributed by atoms with Crippen LogP contribution in [0.25, 0.3) is 0 Å². The number of rotatable bonds is 67. The Hall–Kier alpha value is 0. The van der Waals surface area contributed by atoms with Gasteiger partial charge < -0.3 is 0 Å². The molecule has 444 valence electrons. The van der Waals surface area contributed by atoms with Gasteiger partial charge in [-0.05, 0) is 5.92 Å². The second-order valence-electron chi connectivity index (χ2n) is 26.3. The molecule has 1 rings (SSSR count). The molecule has 0 heteroatoms. The molecule has 0 N–H and O–H groups in total. The molecule has 0 radical (unpaired) electrons. The highest BCUT2D eigenvalue weighted by atomic mass is 14.2. The van der Waals surface area contributed by atoms with Crippen molar-refractivity contribution in [1.82, 2.24) is 0 Å². The predicted molar refractivity (Wildman–Crippen MR) is 342 cm³/mol. The molecule has 0 aromatic rings. The van der Waals surface area contributed by atoms with Crippen LogP contribution in [-0.4, -0.2) is 0 Å². The van der Waals surface area contributed by atoms with Crippen molar-refractivity contribution in [2.75, 3.05) is 0 Å². The zero-order valence-corrected chi connectivity index (χ0v) is 52.5. The molecule has 1 aliphatic rings. The van der Waals surface area contributed by atoms with Crippen molar-refractivity contribution in [3.63, 3.8) is 0 Å². The molecule has 0 aromatic carbocycles. The van der Waals surface area contributed by atoms with E-state index in [0.717, 1.165) is 5.92 Å². The first-order valence-electron chi connectivity index (χ1n) is 36.9. The maximum absolute atomic E-state index is 2.32. The fraction of sp³-hybridized carbons (Fsp3) is 1.00. The maximum Gasteiger partial charge on any atom is -0.0414 e. The average Bonchev–Trinajstić information content (AvgIpc) is 3.42. The lowest BCUT2D eigenvalue weighted by atomic mass is 9.85. The summed E-state index contributed by atoms with van der Waals surface area (Å²) in [6, 6.07) is 0. The van der Waals surface area contributed by atoms with Crippen molar-refractivity contribution in [1.29, 1.82) is 0 Å². The third kappa shape index (κ3) is 62.8. The molecule has 0 spiro atoms. The van der Waals surface area contributed by atoms with Gasteiger partial charge in [0, 0.05) is 0 Å². The summed E-state index contributed by atoms with van der Waals surface area (Å²) in [5.41, 5.74) is 0. The van der Waals surface area contributed by atoms with E-state index in [2.05, 4.69) is 6.92 Å². The molecule has 0 heterocycles. The minimum atomic E-state index is 1.10. The summed E-state index contributed by atoms with van der Waals surface area (Å²) < 4.78 is 0. The van der Waals surface area contributed by atoms with Crippen LogP contribution >= 0.6 is 0 Å². The third-order valence-electron chi connectivity index (χ3n) is 18.7. The molecule has 0 bridgehead atoms. The van der Waals surface area contributed by atoms with E-state index >= 15 is 0 Å².